The van der Waals surface area contributed by atoms with Crippen molar-refractivity contribution in [3.63, 3.8) is 0 Å². The first-order valence-corrected chi connectivity index (χ1v) is 16.5. The van der Waals surface area contributed by atoms with E-state index in [1.165, 1.54) is 75.7 Å². The summed E-state index contributed by atoms with van der Waals surface area (Å²) in [7, 11) is -4.30. The Morgan fingerprint density at radius 3 is 2.63 bits per heavy atom. The Kier molecular flexibility index (Phi) is 8.31. The second-order valence-electron chi connectivity index (χ2n) is 13.0. The lowest BCUT2D eigenvalue weighted by Crippen LogP contribution is -2.54. The molecule has 212 valence electrons. The zero-order chi connectivity index (χ0) is 27.0. The largest absolute Gasteiger partial charge is 0.393 e. The van der Waals surface area contributed by atoms with Crippen LogP contribution in [-0.4, -0.2) is 48.7 Å². The monoisotopic (exact) mass is 544 g/mol. The quantitative estimate of drug-likeness (QED) is 0.182. The Bertz CT molecular complexity index is 1100. The predicted molar refractivity (Wildman–Crippen MR) is 154 cm³/mol. The van der Waals surface area contributed by atoms with Crippen LogP contribution in [0.1, 0.15) is 101 Å². The number of allylic oxidation sites excluding steroid dienone is 1. The topological polar surface area (TPSA) is 89.9 Å². The maximum Gasteiger partial charge on any atom is 0.357 e. The van der Waals surface area contributed by atoms with E-state index in [0.717, 1.165) is 38.5 Å². The van der Waals surface area contributed by atoms with Crippen LogP contribution >= 0.6 is 0 Å². The molecule has 5 rings (SSSR count). The number of anilines is 1. The Balaban J connectivity index is 1.34. The van der Waals surface area contributed by atoms with E-state index < -0.39 is 10.3 Å². The predicted octanol–water partition coefficient (Wildman–Crippen LogP) is 6.34. The number of likely N-dealkylation sites (tertiary alicyclic amines) is 1. The van der Waals surface area contributed by atoms with Gasteiger partial charge in [-0.3, -0.25) is 9.27 Å². The van der Waals surface area contributed by atoms with Gasteiger partial charge < -0.3 is 10.0 Å². The molecular weight excluding hydrogens is 496 g/mol. The fraction of sp³-hybridized carbons (Fsp3) is 0.742. The standard InChI is InChI=1S/C31H48N2O4S/c1-3-31-17-16-23-21-25(32-38(35,36)37)12-13-26(23)29(31)24(22-30(2)27(31)14-15-28(30)34)11-7-4-5-8-18-33-19-9-6-10-20-33/h3,12-13,21,24,27-29,32,34H,1,4-11,14-20,22H2,2H3,(H,35,36,37)/t24-,27?,28-,29?,30-,31?/m0/s1. The van der Waals surface area contributed by atoms with E-state index in [9.17, 15) is 18.1 Å². The molecule has 3 N–H and O–H groups in total. The average Bonchev–Trinajstić information content (AvgIpc) is 3.19. The molecule has 0 bridgehead atoms. The molecule has 1 aliphatic heterocycles. The summed E-state index contributed by atoms with van der Waals surface area (Å²) < 4.78 is 34.4. The van der Waals surface area contributed by atoms with E-state index in [1.54, 1.807) is 6.07 Å². The first-order valence-electron chi connectivity index (χ1n) is 15.1. The fourth-order valence-corrected chi connectivity index (χ4v) is 9.62. The molecular formula is C31H48N2O4S. The number of piperidine rings is 1. The smallest absolute Gasteiger partial charge is 0.357 e. The van der Waals surface area contributed by atoms with E-state index >= 15 is 0 Å². The van der Waals surface area contributed by atoms with Crippen LogP contribution in [0.4, 0.5) is 5.69 Å². The molecule has 3 unspecified atom stereocenters. The number of nitrogens with zero attached hydrogens (tertiary/aromatic N) is 1. The third-order valence-corrected chi connectivity index (χ3v) is 11.4. The summed E-state index contributed by atoms with van der Waals surface area (Å²) in [5.41, 5.74) is 2.78. The molecule has 0 spiro atoms. The van der Waals surface area contributed by atoms with Crippen LogP contribution in [0.3, 0.4) is 0 Å². The highest BCUT2D eigenvalue weighted by molar-refractivity contribution is 7.87. The summed E-state index contributed by atoms with van der Waals surface area (Å²) in [6, 6.07) is 5.79. The number of hydrogen-bond acceptors (Lipinski definition) is 4. The zero-order valence-corrected chi connectivity index (χ0v) is 24.0. The molecule has 38 heavy (non-hydrogen) atoms. The summed E-state index contributed by atoms with van der Waals surface area (Å²) in [5, 5.41) is 11.2. The Labute approximate surface area is 230 Å². The molecule has 7 heteroatoms. The van der Waals surface area contributed by atoms with Gasteiger partial charge in [-0.25, -0.2) is 0 Å². The zero-order valence-electron chi connectivity index (χ0n) is 23.2. The van der Waals surface area contributed by atoms with Gasteiger partial charge in [0.15, 0.2) is 0 Å². The van der Waals surface area contributed by atoms with Gasteiger partial charge in [0, 0.05) is 0 Å². The minimum Gasteiger partial charge on any atom is -0.393 e. The summed E-state index contributed by atoms with van der Waals surface area (Å²) >= 11 is 0. The molecule has 6 nitrogen and oxygen atoms in total. The summed E-state index contributed by atoms with van der Waals surface area (Å²) in [6.45, 7) is 10.5. The van der Waals surface area contributed by atoms with Crippen molar-refractivity contribution in [3.8, 4) is 0 Å². The van der Waals surface area contributed by atoms with E-state index in [2.05, 4.69) is 35.3 Å². The second-order valence-corrected chi connectivity index (χ2v) is 14.2. The van der Waals surface area contributed by atoms with Crippen molar-refractivity contribution in [2.24, 2.45) is 22.7 Å². The molecule has 3 aliphatic carbocycles. The van der Waals surface area contributed by atoms with Crippen LogP contribution in [-0.2, 0) is 16.7 Å². The molecule has 1 saturated heterocycles. The van der Waals surface area contributed by atoms with E-state index in [1.807, 2.05) is 6.07 Å². The van der Waals surface area contributed by atoms with Crippen molar-refractivity contribution in [1.29, 1.82) is 0 Å². The van der Waals surface area contributed by atoms with Gasteiger partial charge in [-0.05, 0) is 129 Å². The molecule has 1 heterocycles. The van der Waals surface area contributed by atoms with Crippen LogP contribution in [0.15, 0.2) is 30.9 Å². The normalized spacial score (nSPS) is 35.2. The summed E-state index contributed by atoms with van der Waals surface area (Å²) in [6.07, 6.45) is 17.1. The number of fused-ring (bicyclic) bond motifs is 5. The highest BCUT2D eigenvalue weighted by atomic mass is 32.2. The van der Waals surface area contributed by atoms with Crippen LogP contribution in [0, 0.1) is 22.7 Å². The lowest BCUT2D eigenvalue weighted by atomic mass is 9.44. The molecule has 6 atom stereocenters. The van der Waals surface area contributed by atoms with Gasteiger partial charge in [-0.2, -0.15) is 8.42 Å². The molecule has 2 saturated carbocycles. The number of nitrogens with one attached hydrogen (secondary N) is 1. The van der Waals surface area contributed by atoms with Crippen molar-refractivity contribution >= 4 is 16.0 Å². The highest BCUT2D eigenvalue weighted by Gasteiger charge is 2.63. The van der Waals surface area contributed by atoms with Gasteiger partial charge in [-0.15, -0.1) is 6.58 Å². The first kappa shape index (κ1) is 28.1. The fourth-order valence-electron chi connectivity index (χ4n) is 9.20. The van der Waals surface area contributed by atoms with Crippen molar-refractivity contribution in [1.82, 2.24) is 4.90 Å². The van der Waals surface area contributed by atoms with Crippen molar-refractivity contribution in [2.45, 2.75) is 102 Å². The number of aliphatic hydroxyl groups excluding tert-OH is 1. The van der Waals surface area contributed by atoms with Crippen molar-refractivity contribution in [3.05, 3.63) is 42.0 Å². The maximum absolute atomic E-state index is 11.4. The lowest BCUT2D eigenvalue weighted by molar-refractivity contribution is -0.0812. The average molecular weight is 545 g/mol. The Morgan fingerprint density at radius 2 is 1.89 bits per heavy atom. The molecule has 0 aromatic heterocycles. The first-order chi connectivity index (χ1) is 18.2. The van der Waals surface area contributed by atoms with Crippen LogP contribution in [0.25, 0.3) is 0 Å². The third-order valence-electron chi connectivity index (χ3n) is 10.9. The van der Waals surface area contributed by atoms with Crippen molar-refractivity contribution < 1.29 is 18.1 Å². The number of aliphatic hydroxyl groups is 1. The number of hydrogen-bond donors (Lipinski definition) is 3. The minimum absolute atomic E-state index is 0.0472. The minimum atomic E-state index is -4.30. The molecule has 1 aromatic rings. The molecule has 0 radical (unpaired) electrons. The Hall–Kier alpha value is -1.41. The number of unbranched alkanes of at least 4 members (excludes halogenated alkanes) is 3. The van der Waals surface area contributed by atoms with Crippen LogP contribution in [0.5, 0.6) is 0 Å². The molecule has 0 amide bonds. The highest BCUT2D eigenvalue weighted by Crippen LogP contribution is 2.69. The summed E-state index contributed by atoms with van der Waals surface area (Å²) in [4.78, 5) is 2.63. The van der Waals surface area contributed by atoms with Crippen LogP contribution < -0.4 is 4.72 Å². The van der Waals surface area contributed by atoms with Gasteiger partial charge in [-0.1, -0.05) is 44.7 Å². The number of rotatable bonds is 10. The van der Waals surface area contributed by atoms with E-state index in [4.69, 9.17) is 0 Å². The van der Waals surface area contributed by atoms with Crippen molar-refractivity contribution in [2.75, 3.05) is 24.4 Å². The van der Waals surface area contributed by atoms with Gasteiger partial charge in [0.05, 0.1) is 11.8 Å². The van der Waals surface area contributed by atoms with E-state index in [0.29, 0.717) is 23.4 Å². The second kappa shape index (κ2) is 11.2. The molecule has 4 aliphatic rings. The number of benzene rings is 1. The Morgan fingerprint density at radius 1 is 1.13 bits per heavy atom. The molecule has 3 fully saturated rings. The van der Waals surface area contributed by atoms with Gasteiger partial charge in [0.2, 0.25) is 0 Å². The van der Waals surface area contributed by atoms with E-state index in [-0.39, 0.29) is 16.9 Å². The SMILES string of the molecule is C=CC12CCc3cc(NS(=O)(=O)O)ccc3C1[C@@H](CCCCCCN1CCCCC1)C[C@@]1(C)C2CC[C@@H]1O. The molecule has 1 aromatic carbocycles. The number of aryl methyl sites for hydroxylation is 1. The van der Waals surface area contributed by atoms with Gasteiger partial charge in [0.25, 0.3) is 0 Å². The summed E-state index contributed by atoms with van der Waals surface area (Å²) in [5.74, 6) is 1.21. The van der Waals surface area contributed by atoms with Crippen LogP contribution in [0.2, 0.25) is 0 Å². The van der Waals surface area contributed by atoms with Gasteiger partial charge in [0.1, 0.15) is 0 Å². The third kappa shape index (κ3) is 5.45. The maximum atomic E-state index is 11.4. The lowest BCUT2D eigenvalue weighted by Gasteiger charge is -2.60. The van der Waals surface area contributed by atoms with Gasteiger partial charge >= 0.3 is 10.3 Å².